The van der Waals surface area contributed by atoms with E-state index in [1.54, 1.807) is 36.0 Å². The number of nitro groups is 1. The van der Waals surface area contributed by atoms with Gasteiger partial charge >= 0.3 is 5.82 Å². The van der Waals surface area contributed by atoms with Crippen LogP contribution in [0.4, 0.5) is 21.2 Å². The van der Waals surface area contributed by atoms with Crippen molar-refractivity contribution in [1.29, 1.82) is 0 Å². The lowest BCUT2D eigenvalue weighted by Gasteiger charge is -2.06. The van der Waals surface area contributed by atoms with Crippen LogP contribution in [0.3, 0.4) is 0 Å². The zero-order valence-corrected chi connectivity index (χ0v) is 17.9. The number of nitrogens with zero attached hydrogens (tertiary/aromatic N) is 7. The Labute approximate surface area is 184 Å². The van der Waals surface area contributed by atoms with E-state index in [1.807, 2.05) is 6.92 Å². The molecular formula is C18H16ClFN8O2S. The van der Waals surface area contributed by atoms with Gasteiger partial charge in [0.15, 0.2) is 5.82 Å². The number of benzene rings is 1. The Kier molecular flexibility index (Phi) is 5.65. The maximum absolute atomic E-state index is 14.0. The maximum atomic E-state index is 14.0. The number of hydrogen-bond donors (Lipinski definition) is 1. The Balaban J connectivity index is 1.47. The first-order chi connectivity index (χ1) is 14.8. The third-order valence-corrected chi connectivity index (χ3v) is 5.88. The number of aromatic nitrogens is 6. The molecule has 1 atom stereocenters. The number of nitrogens with one attached hydrogen (secondary N) is 1. The minimum Gasteiger partial charge on any atom is -0.358 e. The van der Waals surface area contributed by atoms with Gasteiger partial charge in [0.25, 0.3) is 0 Å². The fraction of sp³-hybridized carbons (Fsp3) is 0.222. The van der Waals surface area contributed by atoms with Gasteiger partial charge in [0.1, 0.15) is 16.9 Å². The second kappa shape index (κ2) is 8.40. The molecule has 0 saturated carbocycles. The molecular weight excluding hydrogens is 447 g/mol. The average molecular weight is 463 g/mol. The van der Waals surface area contributed by atoms with Crippen LogP contribution in [0, 0.1) is 22.9 Å². The molecule has 1 N–H and O–H groups in total. The third kappa shape index (κ3) is 4.39. The molecule has 13 heteroatoms. The second-order valence-corrected chi connectivity index (χ2v) is 8.11. The van der Waals surface area contributed by atoms with Gasteiger partial charge in [-0.3, -0.25) is 4.68 Å². The fourth-order valence-electron chi connectivity index (χ4n) is 2.98. The highest BCUT2D eigenvalue weighted by Crippen LogP contribution is 2.28. The monoisotopic (exact) mass is 462 g/mol. The number of aryl methyl sites for hydroxylation is 1. The SMILES string of the molecule is Cc1cc([N+](=O)[O-])nn1[C@@H](C)c1nnc(Nc2ccn(Cc3c(F)cccc3Cl)n2)s1. The molecule has 0 unspecified atom stereocenters. The van der Waals surface area contributed by atoms with Gasteiger partial charge < -0.3 is 15.4 Å². The topological polar surface area (TPSA) is 117 Å². The summed E-state index contributed by atoms with van der Waals surface area (Å²) in [5, 5.41) is 32.1. The Morgan fingerprint density at radius 3 is 2.84 bits per heavy atom. The molecule has 10 nitrogen and oxygen atoms in total. The van der Waals surface area contributed by atoms with Crippen LogP contribution < -0.4 is 5.32 Å². The summed E-state index contributed by atoms with van der Waals surface area (Å²) in [5.74, 6) is -0.101. The summed E-state index contributed by atoms with van der Waals surface area (Å²) in [7, 11) is 0. The minimum absolute atomic E-state index is 0.183. The van der Waals surface area contributed by atoms with Crippen LogP contribution >= 0.6 is 22.9 Å². The van der Waals surface area contributed by atoms with Crippen molar-refractivity contribution < 1.29 is 9.31 Å². The van der Waals surface area contributed by atoms with Crippen LogP contribution in [0.25, 0.3) is 0 Å². The van der Waals surface area contributed by atoms with Crippen molar-refractivity contribution >= 4 is 39.7 Å². The van der Waals surface area contributed by atoms with Gasteiger partial charge in [-0.25, -0.2) is 4.39 Å². The summed E-state index contributed by atoms with van der Waals surface area (Å²) < 4.78 is 17.1. The molecule has 0 fully saturated rings. The normalized spacial score (nSPS) is 12.1. The lowest BCUT2D eigenvalue weighted by atomic mass is 10.2. The van der Waals surface area contributed by atoms with Crippen LogP contribution in [0.1, 0.15) is 29.2 Å². The summed E-state index contributed by atoms with van der Waals surface area (Å²) in [6.07, 6.45) is 1.70. The molecule has 1 aromatic carbocycles. The van der Waals surface area contributed by atoms with Gasteiger partial charge in [0, 0.05) is 22.8 Å². The van der Waals surface area contributed by atoms with Crippen LogP contribution in [-0.2, 0) is 6.54 Å². The van der Waals surface area contributed by atoms with E-state index in [0.29, 0.717) is 32.2 Å². The predicted molar refractivity (Wildman–Crippen MR) is 113 cm³/mol. The van der Waals surface area contributed by atoms with Gasteiger partial charge in [-0.15, -0.1) is 10.2 Å². The van der Waals surface area contributed by atoms with Crippen LogP contribution in [0.5, 0.6) is 0 Å². The zero-order chi connectivity index (χ0) is 22.1. The molecule has 0 amide bonds. The van der Waals surface area contributed by atoms with Crippen molar-refractivity contribution in [3.8, 4) is 0 Å². The molecule has 0 aliphatic rings. The summed E-state index contributed by atoms with van der Waals surface area (Å²) >= 11 is 7.35. The van der Waals surface area contributed by atoms with E-state index in [4.69, 9.17) is 11.6 Å². The summed E-state index contributed by atoms with van der Waals surface area (Å²) in [5.41, 5.74) is 1.00. The molecule has 3 aromatic heterocycles. The van der Waals surface area contributed by atoms with Crippen molar-refractivity contribution in [3.05, 3.63) is 73.7 Å². The second-order valence-electron chi connectivity index (χ2n) is 6.69. The Bertz CT molecular complexity index is 1230. The minimum atomic E-state index is -0.534. The van der Waals surface area contributed by atoms with E-state index in [-0.39, 0.29) is 18.4 Å². The molecule has 160 valence electrons. The van der Waals surface area contributed by atoms with Crippen molar-refractivity contribution in [3.63, 3.8) is 0 Å². The average Bonchev–Trinajstić information content (AvgIpc) is 3.45. The highest BCUT2D eigenvalue weighted by Gasteiger charge is 2.23. The first kappa shape index (κ1) is 20.9. The molecule has 31 heavy (non-hydrogen) atoms. The first-order valence-corrected chi connectivity index (χ1v) is 10.3. The highest BCUT2D eigenvalue weighted by molar-refractivity contribution is 7.15. The van der Waals surface area contributed by atoms with Gasteiger partial charge in [-0.1, -0.05) is 29.0 Å². The number of hydrogen-bond acceptors (Lipinski definition) is 8. The molecule has 0 bridgehead atoms. The Morgan fingerprint density at radius 1 is 1.32 bits per heavy atom. The molecule has 0 radical (unpaired) electrons. The van der Waals surface area contributed by atoms with E-state index in [1.165, 1.54) is 28.2 Å². The molecule has 0 aliphatic heterocycles. The van der Waals surface area contributed by atoms with E-state index in [0.717, 1.165) is 0 Å². The van der Waals surface area contributed by atoms with E-state index < -0.39 is 10.7 Å². The Hall–Kier alpha value is -3.38. The van der Waals surface area contributed by atoms with Crippen LogP contribution in [0.2, 0.25) is 5.02 Å². The van der Waals surface area contributed by atoms with Gasteiger partial charge in [-0.2, -0.15) is 9.78 Å². The number of halogens is 2. The van der Waals surface area contributed by atoms with Crippen LogP contribution in [0.15, 0.2) is 36.5 Å². The van der Waals surface area contributed by atoms with Crippen LogP contribution in [-0.4, -0.2) is 34.7 Å². The van der Waals surface area contributed by atoms with Gasteiger partial charge in [-0.05, 0) is 30.9 Å². The third-order valence-electron chi connectivity index (χ3n) is 4.52. The van der Waals surface area contributed by atoms with Crippen molar-refractivity contribution in [2.75, 3.05) is 5.32 Å². The number of anilines is 2. The molecule has 0 spiro atoms. The predicted octanol–water partition coefficient (Wildman–Crippen LogP) is 4.34. The quantitative estimate of drug-likeness (QED) is 0.320. The van der Waals surface area contributed by atoms with Crippen molar-refractivity contribution in [2.45, 2.75) is 26.4 Å². The molecule has 0 aliphatic carbocycles. The van der Waals surface area contributed by atoms with E-state index in [9.17, 15) is 14.5 Å². The molecule has 4 rings (SSSR count). The van der Waals surface area contributed by atoms with Crippen molar-refractivity contribution in [2.24, 2.45) is 0 Å². The van der Waals surface area contributed by atoms with Crippen molar-refractivity contribution in [1.82, 2.24) is 29.8 Å². The standard InChI is InChI=1S/C18H16ClFN8O2S/c1-10-8-16(28(29)30)25-27(10)11(2)17-22-23-18(31-17)21-15-6-7-26(24-15)9-12-13(19)4-3-5-14(12)20/h3-8,11H,9H2,1-2H3,(H,21,23,24)/t11-/m0/s1. The maximum Gasteiger partial charge on any atom is 0.390 e. The summed E-state index contributed by atoms with van der Waals surface area (Å²) in [6.45, 7) is 3.76. The fourth-order valence-corrected chi connectivity index (χ4v) is 3.99. The largest absolute Gasteiger partial charge is 0.390 e. The lowest BCUT2D eigenvalue weighted by Crippen LogP contribution is -2.10. The molecule has 3 heterocycles. The smallest absolute Gasteiger partial charge is 0.358 e. The van der Waals surface area contributed by atoms with E-state index in [2.05, 4.69) is 25.7 Å². The van der Waals surface area contributed by atoms with E-state index >= 15 is 0 Å². The molecule has 0 saturated heterocycles. The number of rotatable bonds is 7. The summed E-state index contributed by atoms with van der Waals surface area (Å²) in [4.78, 5) is 10.4. The first-order valence-electron chi connectivity index (χ1n) is 9.09. The lowest BCUT2D eigenvalue weighted by molar-refractivity contribution is -0.389. The van der Waals surface area contributed by atoms with Gasteiger partial charge in [0.05, 0.1) is 23.4 Å². The highest BCUT2D eigenvalue weighted by atomic mass is 35.5. The summed E-state index contributed by atoms with van der Waals surface area (Å²) in [6, 6.07) is 7.33. The molecule has 4 aromatic rings. The Morgan fingerprint density at radius 2 is 2.13 bits per heavy atom. The zero-order valence-electron chi connectivity index (χ0n) is 16.4. The van der Waals surface area contributed by atoms with Gasteiger partial charge in [0.2, 0.25) is 5.13 Å².